The predicted octanol–water partition coefficient (Wildman–Crippen LogP) is 7.05. The SMILES string of the molecule is COc1ccc2cc(C(C)(C)C)ccc2c1-c1c(S(=O)(=O)Br)ccc2ccccc12. The zero-order valence-electron chi connectivity index (χ0n) is 17.4. The summed E-state index contributed by atoms with van der Waals surface area (Å²) < 4.78 is 31.0. The van der Waals surface area contributed by atoms with Crippen LogP contribution in [0.2, 0.25) is 0 Å². The Morgan fingerprint density at radius 3 is 2.13 bits per heavy atom. The van der Waals surface area contributed by atoms with Crippen LogP contribution < -0.4 is 4.74 Å². The summed E-state index contributed by atoms with van der Waals surface area (Å²) in [6, 6.07) is 21.6. The van der Waals surface area contributed by atoms with Crippen molar-refractivity contribution in [3.63, 3.8) is 0 Å². The molecule has 3 nitrogen and oxygen atoms in total. The first-order valence-electron chi connectivity index (χ1n) is 9.69. The molecule has 0 heterocycles. The molecule has 5 heteroatoms. The first-order chi connectivity index (χ1) is 14.1. The third kappa shape index (κ3) is 3.61. The number of ether oxygens (including phenoxy) is 1. The molecule has 4 aromatic carbocycles. The summed E-state index contributed by atoms with van der Waals surface area (Å²) in [5.41, 5.74) is 2.66. The van der Waals surface area contributed by atoms with Crippen LogP contribution in [0.4, 0.5) is 0 Å². The second-order valence-electron chi connectivity index (χ2n) is 8.43. The lowest BCUT2D eigenvalue weighted by Crippen LogP contribution is -2.10. The summed E-state index contributed by atoms with van der Waals surface area (Å²) in [5, 5.41) is 3.83. The minimum absolute atomic E-state index is 0.0120. The summed E-state index contributed by atoms with van der Waals surface area (Å²) >= 11 is 2.90. The van der Waals surface area contributed by atoms with Gasteiger partial charge in [-0.1, -0.05) is 75.4 Å². The molecule has 30 heavy (non-hydrogen) atoms. The lowest BCUT2D eigenvalue weighted by Gasteiger charge is -2.21. The van der Waals surface area contributed by atoms with Crippen LogP contribution in [0, 0.1) is 0 Å². The fraction of sp³-hybridized carbons (Fsp3) is 0.200. The molecule has 4 aromatic rings. The monoisotopic (exact) mass is 482 g/mol. The molecule has 0 atom stereocenters. The minimum atomic E-state index is -3.64. The lowest BCUT2D eigenvalue weighted by atomic mass is 9.84. The summed E-state index contributed by atoms with van der Waals surface area (Å²) in [6.45, 7) is 6.54. The molecule has 0 aliphatic carbocycles. The van der Waals surface area contributed by atoms with Crippen molar-refractivity contribution in [2.45, 2.75) is 31.1 Å². The molecule has 0 aromatic heterocycles. The van der Waals surface area contributed by atoms with E-state index in [2.05, 4.69) is 53.8 Å². The Morgan fingerprint density at radius 2 is 1.47 bits per heavy atom. The maximum absolute atomic E-state index is 12.7. The van der Waals surface area contributed by atoms with E-state index in [4.69, 9.17) is 4.74 Å². The van der Waals surface area contributed by atoms with Crippen LogP contribution in [-0.4, -0.2) is 15.5 Å². The highest BCUT2D eigenvalue weighted by Crippen LogP contribution is 2.45. The van der Waals surface area contributed by atoms with Crippen molar-refractivity contribution >= 4 is 44.6 Å². The molecule has 0 aliphatic rings. The van der Waals surface area contributed by atoms with Crippen molar-refractivity contribution in [2.75, 3.05) is 7.11 Å². The van der Waals surface area contributed by atoms with Gasteiger partial charge in [-0.3, -0.25) is 0 Å². The van der Waals surface area contributed by atoms with Gasteiger partial charge in [-0.15, -0.1) is 0 Å². The smallest absolute Gasteiger partial charge is 0.238 e. The molecule has 0 N–H and O–H groups in total. The van der Waals surface area contributed by atoms with Crippen molar-refractivity contribution in [1.29, 1.82) is 0 Å². The van der Waals surface area contributed by atoms with Crippen LogP contribution in [0.1, 0.15) is 26.3 Å². The number of rotatable bonds is 3. The highest BCUT2D eigenvalue weighted by atomic mass is 79.9. The molecule has 4 rings (SSSR count). The van der Waals surface area contributed by atoms with Gasteiger partial charge < -0.3 is 4.74 Å². The Balaban J connectivity index is 2.20. The maximum Gasteiger partial charge on any atom is 0.238 e. The van der Waals surface area contributed by atoms with E-state index in [1.54, 1.807) is 13.2 Å². The summed E-state index contributed by atoms with van der Waals surface area (Å²) in [7, 11) is -2.03. The highest BCUT2D eigenvalue weighted by molar-refractivity contribution is 9.47. The van der Waals surface area contributed by atoms with Crippen LogP contribution in [0.15, 0.2) is 71.6 Å². The van der Waals surface area contributed by atoms with E-state index in [9.17, 15) is 8.42 Å². The standard InChI is InChI=1S/C25H23BrO3S/c1-25(2,3)18-11-12-20-17(15-18)9-13-21(29-4)23(20)24-19-8-6-5-7-16(19)10-14-22(24)30(26,27)28/h5-15H,1-4H3. The molecule has 0 spiro atoms. The van der Waals surface area contributed by atoms with Gasteiger partial charge in [0.1, 0.15) is 5.75 Å². The van der Waals surface area contributed by atoms with E-state index >= 15 is 0 Å². The van der Waals surface area contributed by atoms with Gasteiger partial charge in [0.15, 0.2) is 0 Å². The van der Waals surface area contributed by atoms with Gasteiger partial charge in [0.25, 0.3) is 0 Å². The van der Waals surface area contributed by atoms with Gasteiger partial charge in [0.2, 0.25) is 8.27 Å². The van der Waals surface area contributed by atoms with Gasteiger partial charge in [0, 0.05) is 11.1 Å². The van der Waals surface area contributed by atoms with Crippen LogP contribution in [-0.2, 0) is 13.7 Å². The highest BCUT2D eigenvalue weighted by Gasteiger charge is 2.24. The molecule has 0 aliphatic heterocycles. The molecule has 0 bridgehead atoms. The summed E-state index contributed by atoms with van der Waals surface area (Å²) in [4.78, 5) is 0.229. The van der Waals surface area contributed by atoms with Gasteiger partial charge in [-0.25, -0.2) is 8.42 Å². The van der Waals surface area contributed by atoms with E-state index in [-0.39, 0.29) is 10.3 Å². The van der Waals surface area contributed by atoms with Crippen molar-refractivity contribution in [3.8, 4) is 16.9 Å². The minimum Gasteiger partial charge on any atom is -0.496 e. The maximum atomic E-state index is 12.7. The number of methoxy groups -OCH3 is 1. The fourth-order valence-electron chi connectivity index (χ4n) is 3.92. The van der Waals surface area contributed by atoms with E-state index in [0.717, 1.165) is 27.1 Å². The van der Waals surface area contributed by atoms with Gasteiger partial charge in [-0.2, -0.15) is 0 Å². The normalized spacial score (nSPS) is 12.4. The fourth-order valence-corrected chi connectivity index (χ4v) is 5.41. The Kier molecular flexibility index (Phi) is 5.15. The van der Waals surface area contributed by atoms with Crippen molar-refractivity contribution in [1.82, 2.24) is 0 Å². The second kappa shape index (κ2) is 7.40. The average molecular weight is 483 g/mol. The third-order valence-electron chi connectivity index (χ3n) is 5.47. The number of fused-ring (bicyclic) bond motifs is 2. The van der Waals surface area contributed by atoms with Crippen LogP contribution in [0.3, 0.4) is 0 Å². The molecular formula is C25H23BrO3S. The summed E-state index contributed by atoms with van der Waals surface area (Å²) in [6.07, 6.45) is 0. The molecule has 0 saturated heterocycles. The number of benzene rings is 4. The first-order valence-corrected chi connectivity index (χ1v) is 13.0. The zero-order chi connectivity index (χ0) is 21.7. The predicted molar refractivity (Wildman–Crippen MR) is 128 cm³/mol. The largest absolute Gasteiger partial charge is 0.496 e. The lowest BCUT2D eigenvalue weighted by molar-refractivity contribution is 0.417. The Bertz CT molecular complexity index is 1380. The van der Waals surface area contributed by atoms with E-state index in [1.165, 1.54) is 5.56 Å². The van der Waals surface area contributed by atoms with Gasteiger partial charge in [-0.05, 0) is 44.7 Å². The molecule has 0 amide bonds. The Morgan fingerprint density at radius 1 is 0.800 bits per heavy atom. The van der Waals surface area contributed by atoms with Crippen molar-refractivity contribution in [3.05, 3.63) is 72.3 Å². The summed E-state index contributed by atoms with van der Waals surface area (Å²) in [5.74, 6) is 0.639. The van der Waals surface area contributed by atoms with Crippen LogP contribution in [0.5, 0.6) is 5.75 Å². The van der Waals surface area contributed by atoms with E-state index in [1.807, 2.05) is 42.5 Å². The average Bonchev–Trinajstić information content (AvgIpc) is 2.70. The number of hydrogen-bond donors (Lipinski definition) is 0. The topological polar surface area (TPSA) is 43.4 Å². The first kappa shape index (κ1) is 20.9. The van der Waals surface area contributed by atoms with Gasteiger partial charge >= 0.3 is 0 Å². The van der Waals surface area contributed by atoms with Gasteiger partial charge in [0.05, 0.1) is 26.8 Å². The zero-order valence-corrected chi connectivity index (χ0v) is 19.8. The molecular weight excluding hydrogens is 460 g/mol. The van der Waals surface area contributed by atoms with E-state index < -0.39 is 8.27 Å². The Hall–Kier alpha value is -2.37. The quantitative estimate of drug-likeness (QED) is 0.293. The number of hydrogen-bond acceptors (Lipinski definition) is 3. The third-order valence-corrected chi connectivity index (χ3v) is 7.38. The Labute approximate surface area is 184 Å². The van der Waals surface area contributed by atoms with E-state index in [0.29, 0.717) is 11.3 Å². The molecule has 0 saturated carbocycles. The molecule has 154 valence electrons. The molecule has 0 radical (unpaired) electrons. The van der Waals surface area contributed by atoms with Crippen molar-refractivity contribution in [2.24, 2.45) is 0 Å². The van der Waals surface area contributed by atoms with Crippen LogP contribution >= 0.6 is 14.8 Å². The van der Waals surface area contributed by atoms with Crippen molar-refractivity contribution < 1.29 is 13.2 Å². The second-order valence-corrected chi connectivity index (χ2v) is 12.3. The number of halogens is 1. The molecule has 0 fully saturated rings. The van der Waals surface area contributed by atoms with Crippen LogP contribution in [0.25, 0.3) is 32.7 Å². The molecule has 0 unspecified atom stereocenters.